The summed E-state index contributed by atoms with van der Waals surface area (Å²) in [5.74, 6) is -0.411. The number of nitriles is 1. The number of hydrogen-bond acceptors (Lipinski definition) is 4. The molecule has 128 valence electrons. The molecule has 0 radical (unpaired) electrons. The second kappa shape index (κ2) is 9.24. The number of carbonyl (C=O) groups excluding carboxylic acids is 1. The van der Waals surface area contributed by atoms with Gasteiger partial charge in [0.05, 0.1) is 12.2 Å². The molecule has 0 atom stereocenters. The topological polar surface area (TPSA) is 77.8 Å². The number of amides is 1. The first-order valence-electron chi connectivity index (χ1n) is 8.35. The summed E-state index contributed by atoms with van der Waals surface area (Å²) in [6, 6.07) is 13.5. The third-order valence-corrected chi connectivity index (χ3v) is 3.86. The number of aryl methyl sites for hydroxylation is 2. The molecule has 25 heavy (non-hydrogen) atoms. The van der Waals surface area contributed by atoms with Crippen molar-refractivity contribution in [3.05, 3.63) is 71.2 Å². The highest BCUT2D eigenvalue weighted by Crippen LogP contribution is 2.23. The third kappa shape index (κ3) is 4.92. The van der Waals surface area contributed by atoms with E-state index in [1.54, 1.807) is 6.20 Å². The van der Waals surface area contributed by atoms with Gasteiger partial charge in [-0.3, -0.25) is 9.78 Å². The fourth-order valence-corrected chi connectivity index (χ4v) is 2.49. The van der Waals surface area contributed by atoms with Gasteiger partial charge in [0.15, 0.2) is 0 Å². The number of para-hydroxylation sites is 1. The van der Waals surface area contributed by atoms with Crippen LogP contribution in [0.15, 0.2) is 54.4 Å². The lowest BCUT2D eigenvalue weighted by Crippen LogP contribution is -2.18. The number of pyridine rings is 1. The summed E-state index contributed by atoms with van der Waals surface area (Å²) in [4.78, 5) is 16.6. The summed E-state index contributed by atoms with van der Waals surface area (Å²) < 4.78 is 0. The Kier molecular flexibility index (Phi) is 6.73. The second-order valence-corrected chi connectivity index (χ2v) is 5.48. The van der Waals surface area contributed by atoms with Crippen LogP contribution in [-0.2, 0) is 24.2 Å². The van der Waals surface area contributed by atoms with E-state index < -0.39 is 5.91 Å². The number of nitrogens with one attached hydrogen (secondary N) is 2. The van der Waals surface area contributed by atoms with E-state index in [2.05, 4.69) is 15.6 Å². The molecule has 5 heteroatoms. The average molecular weight is 334 g/mol. The number of aromatic nitrogens is 1. The van der Waals surface area contributed by atoms with Crippen LogP contribution in [0.2, 0.25) is 0 Å². The van der Waals surface area contributed by atoms with Crippen LogP contribution in [0, 0.1) is 11.3 Å². The molecule has 1 amide bonds. The molecule has 2 rings (SSSR count). The van der Waals surface area contributed by atoms with Gasteiger partial charge in [0.1, 0.15) is 11.6 Å². The Bertz CT molecular complexity index is 769. The Morgan fingerprint density at radius 3 is 2.44 bits per heavy atom. The third-order valence-electron chi connectivity index (χ3n) is 3.86. The van der Waals surface area contributed by atoms with Crippen molar-refractivity contribution in [3.8, 4) is 6.07 Å². The van der Waals surface area contributed by atoms with Crippen LogP contribution in [0.3, 0.4) is 0 Å². The lowest BCUT2D eigenvalue weighted by molar-refractivity contribution is -0.112. The van der Waals surface area contributed by atoms with Crippen molar-refractivity contribution in [1.82, 2.24) is 10.3 Å². The molecule has 5 nitrogen and oxygen atoms in total. The number of anilines is 1. The smallest absolute Gasteiger partial charge is 0.267 e. The molecular formula is C20H22N4O. The molecule has 0 aliphatic rings. The van der Waals surface area contributed by atoms with Crippen molar-refractivity contribution in [1.29, 1.82) is 5.26 Å². The number of hydrogen-bond donors (Lipinski definition) is 2. The molecule has 1 aromatic heterocycles. The number of benzene rings is 1. The Labute approximate surface area is 148 Å². The summed E-state index contributed by atoms with van der Waals surface area (Å²) in [7, 11) is 0. The first-order chi connectivity index (χ1) is 12.2. The Morgan fingerprint density at radius 1 is 1.16 bits per heavy atom. The van der Waals surface area contributed by atoms with Crippen LogP contribution >= 0.6 is 0 Å². The predicted octanol–water partition coefficient (Wildman–Crippen LogP) is 3.34. The molecule has 1 heterocycles. The monoisotopic (exact) mass is 334 g/mol. The lowest BCUT2D eigenvalue weighted by Gasteiger charge is -2.14. The highest BCUT2D eigenvalue weighted by molar-refractivity contribution is 6.07. The van der Waals surface area contributed by atoms with E-state index >= 15 is 0 Å². The molecule has 0 saturated heterocycles. The maximum atomic E-state index is 12.5. The van der Waals surface area contributed by atoms with E-state index in [1.165, 1.54) is 6.20 Å². The van der Waals surface area contributed by atoms with Gasteiger partial charge >= 0.3 is 0 Å². The highest BCUT2D eigenvalue weighted by Gasteiger charge is 2.13. The molecule has 2 N–H and O–H groups in total. The Balaban J connectivity index is 2.10. The molecule has 0 fully saturated rings. The van der Waals surface area contributed by atoms with Gasteiger partial charge < -0.3 is 10.6 Å². The first-order valence-corrected chi connectivity index (χ1v) is 8.35. The van der Waals surface area contributed by atoms with E-state index in [4.69, 9.17) is 0 Å². The minimum atomic E-state index is -0.411. The molecule has 0 bridgehead atoms. The molecule has 0 spiro atoms. The summed E-state index contributed by atoms with van der Waals surface area (Å²) in [6.45, 7) is 4.53. The minimum Gasteiger partial charge on any atom is -0.384 e. The van der Waals surface area contributed by atoms with E-state index in [9.17, 15) is 10.1 Å². The van der Waals surface area contributed by atoms with Crippen LogP contribution < -0.4 is 10.6 Å². The van der Waals surface area contributed by atoms with E-state index in [0.717, 1.165) is 35.3 Å². The fraction of sp³-hybridized carbons (Fsp3) is 0.250. The molecule has 2 aromatic rings. The molecule has 1 aromatic carbocycles. The quantitative estimate of drug-likeness (QED) is 0.601. The van der Waals surface area contributed by atoms with Gasteiger partial charge in [-0.1, -0.05) is 38.1 Å². The number of carbonyl (C=O) groups is 1. The molecule has 0 saturated carbocycles. The van der Waals surface area contributed by atoms with E-state index in [0.29, 0.717) is 6.54 Å². The van der Waals surface area contributed by atoms with Crippen LogP contribution in [0.25, 0.3) is 0 Å². The summed E-state index contributed by atoms with van der Waals surface area (Å²) in [5, 5.41) is 15.2. The zero-order chi connectivity index (χ0) is 18.1. The summed E-state index contributed by atoms with van der Waals surface area (Å²) in [5.41, 5.74) is 3.80. The van der Waals surface area contributed by atoms with Crippen LogP contribution in [-0.4, -0.2) is 10.9 Å². The second-order valence-electron chi connectivity index (χ2n) is 5.48. The predicted molar refractivity (Wildman–Crippen MR) is 98.6 cm³/mol. The van der Waals surface area contributed by atoms with Crippen molar-refractivity contribution in [2.75, 3.05) is 5.32 Å². The summed E-state index contributed by atoms with van der Waals surface area (Å²) >= 11 is 0. The van der Waals surface area contributed by atoms with Crippen molar-refractivity contribution < 1.29 is 4.79 Å². The maximum Gasteiger partial charge on any atom is 0.267 e. The minimum absolute atomic E-state index is 0.0314. The van der Waals surface area contributed by atoms with Crippen molar-refractivity contribution >= 4 is 11.6 Å². The van der Waals surface area contributed by atoms with Crippen LogP contribution in [0.4, 0.5) is 5.69 Å². The van der Waals surface area contributed by atoms with Crippen molar-refractivity contribution in [2.45, 2.75) is 33.2 Å². The van der Waals surface area contributed by atoms with Gasteiger partial charge in [-0.15, -0.1) is 0 Å². The van der Waals surface area contributed by atoms with Crippen molar-refractivity contribution in [3.63, 3.8) is 0 Å². The van der Waals surface area contributed by atoms with Crippen LogP contribution in [0.1, 0.15) is 30.7 Å². The van der Waals surface area contributed by atoms with Gasteiger partial charge in [0, 0.05) is 18.1 Å². The molecule has 0 aliphatic carbocycles. The standard InChI is InChI=1S/C20H22N4O/c1-3-15-8-7-9-16(4-2)19(15)24-20(25)17(12-21)13-22-14-18-10-5-6-11-23-18/h5-11,13,22H,3-4,14H2,1-2H3,(H,24,25)/b17-13-. The van der Waals surface area contributed by atoms with E-state index in [1.807, 2.05) is 56.3 Å². The number of nitrogens with zero attached hydrogens (tertiary/aromatic N) is 2. The summed E-state index contributed by atoms with van der Waals surface area (Å²) in [6.07, 6.45) is 4.76. The van der Waals surface area contributed by atoms with Gasteiger partial charge in [0.2, 0.25) is 0 Å². The molecular weight excluding hydrogens is 312 g/mol. The van der Waals surface area contributed by atoms with Gasteiger partial charge in [-0.2, -0.15) is 5.26 Å². The van der Waals surface area contributed by atoms with Crippen LogP contribution in [0.5, 0.6) is 0 Å². The van der Waals surface area contributed by atoms with Gasteiger partial charge in [-0.25, -0.2) is 0 Å². The first kappa shape index (κ1) is 18.2. The highest BCUT2D eigenvalue weighted by atomic mass is 16.1. The molecule has 0 unspecified atom stereocenters. The average Bonchev–Trinajstić information content (AvgIpc) is 2.66. The van der Waals surface area contributed by atoms with Crippen molar-refractivity contribution in [2.24, 2.45) is 0 Å². The normalized spacial score (nSPS) is 10.8. The van der Waals surface area contributed by atoms with E-state index in [-0.39, 0.29) is 5.57 Å². The van der Waals surface area contributed by atoms with Gasteiger partial charge in [0.25, 0.3) is 5.91 Å². The largest absolute Gasteiger partial charge is 0.384 e. The zero-order valence-electron chi connectivity index (χ0n) is 14.5. The Morgan fingerprint density at radius 2 is 1.88 bits per heavy atom. The lowest BCUT2D eigenvalue weighted by atomic mass is 10.0. The number of rotatable bonds is 7. The Hall–Kier alpha value is -3.13. The fourth-order valence-electron chi connectivity index (χ4n) is 2.49. The molecule has 0 aliphatic heterocycles. The zero-order valence-corrected chi connectivity index (χ0v) is 14.5. The van der Waals surface area contributed by atoms with Gasteiger partial charge in [-0.05, 0) is 36.1 Å². The maximum absolute atomic E-state index is 12.5. The SMILES string of the molecule is CCc1cccc(CC)c1NC(=O)/C(C#N)=C\NCc1ccccn1.